The van der Waals surface area contributed by atoms with Gasteiger partial charge < -0.3 is 14.0 Å². The van der Waals surface area contributed by atoms with Crippen molar-refractivity contribution in [2.75, 3.05) is 13.2 Å². The van der Waals surface area contributed by atoms with Gasteiger partial charge in [0.1, 0.15) is 5.69 Å². The lowest BCUT2D eigenvalue weighted by atomic mass is 10.1. The van der Waals surface area contributed by atoms with Gasteiger partial charge in [0.05, 0.1) is 18.8 Å². The van der Waals surface area contributed by atoms with Crippen molar-refractivity contribution >= 4 is 11.9 Å². The zero-order chi connectivity index (χ0) is 17.0. The molecule has 1 aromatic heterocycles. The Morgan fingerprint density at radius 1 is 0.957 bits per heavy atom. The first-order valence-corrected chi connectivity index (χ1v) is 7.64. The number of benzene rings is 1. The minimum atomic E-state index is -0.451. The molecule has 0 radical (unpaired) electrons. The summed E-state index contributed by atoms with van der Waals surface area (Å²) in [5, 5.41) is 0. The summed E-state index contributed by atoms with van der Waals surface area (Å²) in [5.41, 5.74) is 2.81. The van der Waals surface area contributed by atoms with Crippen LogP contribution in [-0.4, -0.2) is 29.7 Å². The highest BCUT2D eigenvalue weighted by molar-refractivity contribution is 5.99. The summed E-state index contributed by atoms with van der Waals surface area (Å²) in [7, 11) is 0. The number of esters is 2. The summed E-state index contributed by atoms with van der Waals surface area (Å²) < 4.78 is 12.0. The summed E-state index contributed by atoms with van der Waals surface area (Å²) in [6.07, 6.45) is 0. The van der Waals surface area contributed by atoms with Crippen LogP contribution in [0, 0.1) is 13.8 Å². The Kier molecular flexibility index (Phi) is 5.21. The highest BCUT2D eigenvalue weighted by Gasteiger charge is 2.28. The number of carbonyl (C=O) groups is 2. The van der Waals surface area contributed by atoms with E-state index in [0.717, 1.165) is 5.69 Å². The molecule has 0 spiro atoms. The molecule has 5 nitrogen and oxygen atoms in total. The maximum Gasteiger partial charge on any atom is 0.355 e. The van der Waals surface area contributed by atoms with Crippen LogP contribution >= 0.6 is 0 Å². The molecule has 0 atom stereocenters. The largest absolute Gasteiger partial charge is 0.462 e. The van der Waals surface area contributed by atoms with Crippen LogP contribution in [0.15, 0.2) is 30.3 Å². The second-order valence-electron chi connectivity index (χ2n) is 5.05. The Bertz CT molecular complexity index is 716. The van der Waals surface area contributed by atoms with Gasteiger partial charge in [0.25, 0.3) is 0 Å². The van der Waals surface area contributed by atoms with Gasteiger partial charge in [-0.15, -0.1) is 0 Å². The first-order valence-electron chi connectivity index (χ1n) is 7.64. The molecule has 0 N–H and O–H groups in total. The van der Waals surface area contributed by atoms with E-state index in [1.54, 1.807) is 32.3 Å². The minimum Gasteiger partial charge on any atom is -0.462 e. The average Bonchev–Trinajstić information content (AvgIpc) is 2.79. The van der Waals surface area contributed by atoms with Crippen LogP contribution in [-0.2, 0) is 9.47 Å². The van der Waals surface area contributed by atoms with Crippen molar-refractivity contribution in [1.82, 2.24) is 4.57 Å². The van der Waals surface area contributed by atoms with Gasteiger partial charge >= 0.3 is 11.9 Å². The number of ether oxygens (including phenoxy) is 2. The molecule has 0 saturated heterocycles. The van der Waals surface area contributed by atoms with E-state index in [1.807, 2.05) is 30.3 Å². The zero-order valence-electron chi connectivity index (χ0n) is 13.9. The summed E-state index contributed by atoms with van der Waals surface area (Å²) in [6, 6.07) is 9.41. The van der Waals surface area contributed by atoms with E-state index in [9.17, 15) is 9.59 Å². The van der Waals surface area contributed by atoms with Crippen LogP contribution in [0.2, 0.25) is 0 Å². The number of hydrogen-bond donors (Lipinski definition) is 0. The predicted octanol–water partition coefficient (Wildman–Crippen LogP) is 3.45. The molecule has 23 heavy (non-hydrogen) atoms. The first-order chi connectivity index (χ1) is 11.0. The summed E-state index contributed by atoms with van der Waals surface area (Å²) >= 11 is 0. The number of carbonyl (C=O) groups excluding carboxylic acids is 2. The van der Waals surface area contributed by atoms with E-state index in [4.69, 9.17) is 9.47 Å². The third kappa shape index (κ3) is 3.13. The summed E-state index contributed by atoms with van der Waals surface area (Å²) in [4.78, 5) is 24.7. The van der Waals surface area contributed by atoms with Gasteiger partial charge in [-0.25, -0.2) is 9.59 Å². The van der Waals surface area contributed by atoms with Gasteiger partial charge in [-0.2, -0.15) is 0 Å². The Morgan fingerprint density at radius 3 is 2.09 bits per heavy atom. The molecule has 0 aliphatic rings. The predicted molar refractivity (Wildman–Crippen MR) is 87.2 cm³/mol. The van der Waals surface area contributed by atoms with Crippen molar-refractivity contribution in [3.05, 3.63) is 52.8 Å². The van der Waals surface area contributed by atoms with E-state index in [-0.39, 0.29) is 13.2 Å². The second-order valence-corrected chi connectivity index (χ2v) is 5.05. The van der Waals surface area contributed by atoms with Crippen LogP contribution in [0.3, 0.4) is 0 Å². The fourth-order valence-corrected chi connectivity index (χ4v) is 2.68. The van der Waals surface area contributed by atoms with Crippen molar-refractivity contribution in [3.8, 4) is 5.69 Å². The van der Waals surface area contributed by atoms with Crippen LogP contribution in [0.1, 0.15) is 46.0 Å². The van der Waals surface area contributed by atoms with Gasteiger partial charge in [0.2, 0.25) is 0 Å². The molecule has 0 saturated carbocycles. The Hall–Kier alpha value is -2.56. The van der Waals surface area contributed by atoms with Crippen LogP contribution in [0.4, 0.5) is 0 Å². The highest BCUT2D eigenvalue weighted by Crippen LogP contribution is 2.27. The molecule has 5 heteroatoms. The number of hydrogen-bond acceptors (Lipinski definition) is 4. The van der Waals surface area contributed by atoms with Crippen molar-refractivity contribution < 1.29 is 19.1 Å². The third-order valence-electron chi connectivity index (χ3n) is 3.61. The molecule has 0 unspecified atom stereocenters. The topological polar surface area (TPSA) is 57.5 Å². The van der Waals surface area contributed by atoms with Crippen molar-refractivity contribution in [1.29, 1.82) is 0 Å². The lowest BCUT2D eigenvalue weighted by molar-refractivity contribution is 0.0514. The Balaban J connectivity index is 2.70. The minimum absolute atomic E-state index is 0.270. The zero-order valence-corrected chi connectivity index (χ0v) is 13.9. The molecule has 2 aromatic rings. The standard InChI is InChI=1S/C18H21NO4/c1-5-22-17(20)15-12(3)16(18(21)23-6-2)19(13(15)4)14-10-8-7-9-11-14/h7-11H,5-6H2,1-4H3. The molecule has 0 fully saturated rings. The smallest absolute Gasteiger partial charge is 0.355 e. The van der Waals surface area contributed by atoms with E-state index >= 15 is 0 Å². The molecule has 1 heterocycles. The molecule has 2 rings (SSSR count). The SMILES string of the molecule is CCOC(=O)c1c(C)c(C(=O)OCC)n(-c2ccccc2)c1C. The molecule has 0 amide bonds. The molecular formula is C18H21NO4. The maximum absolute atomic E-state index is 12.4. The van der Waals surface area contributed by atoms with Crippen molar-refractivity contribution in [3.63, 3.8) is 0 Å². The lowest BCUT2D eigenvalue weighted by Crippen LogP contribution is -2.13. The van der Waals surface area contributed by atoms with E-state index < -0.39 is 11.9 Å². The summed E-state index contributed by atoms with van der Waals surface area (Å²) in [5.74, 6) is -0.879. The van der Waals surface area contributed by atoms with Crippen LogP contribution in [0.25, 0.3) is 5.69 Å². The summed E-state index contributed by atoms with van der Waals surface area (Å²) in [6.45, 7) is 7.60. The van der Waals surface area contributed by atoms with Crippen LogP contribution in [0.5, 0.6) is 0 Å². The van der Waals surface area contributed by atoms with E-state index in [2.05, 4.69) is 0 Å². The van der Waals surface area contributed by atoms with Crippen molar-refractivity contribution in [2.24, 2.45) is 0 Å². The number of rotatable bonds is 5. The lowest BCUT2D eigenvalue weighted by Gasteiger charge is -2.11. The average molecular weight is 315 g/mol. The quantitative estimate of drug-likeness (QED) is 0.793. The Labute approximate surface area is 135 Å². The molecule has 0 bridgehead atoms. The number of nitrogens with zero attached hydrogens (tertiary/aromatic N) is 1. The van der Waals surface area contributed by atoms with Gasteiger partial charge in [-0.1, -0.05) is 18.2 Å². The normalized spacial score (nSPS) is 10.4. The van der Waals surface area contributed by atoms with Gasteiger partial charge in [-0.05, 0) is 45.4 Å². The van der Waals surface area contributed by atoms with E-state index in [1.165, 1.54) is 0 Å². The molecule has 0 aliphatic carbocycles. The van der Waals surface area contributed by atoms with Crippen molar-refractivity contribution in [2.45, 2.75) is 27.7 Å². The maximum atomic E-state index is 12.4. The fraction of sp³-hybridized carbons (Fsp3) is 0.333. The van der Waals surface area contributed by atoms with E-state index in [0.29, 0.717) is 22.5 Å². The monoisotopic (exact) mass is 315 g/mol. The van der Waals surface area contributed by atoms with Gasteiger partial charge in [0.15, 0.2) is 0 Å². The van der Waals surface area contributed by atoms with Crippen LogP contribution < -0.4 is 0 Å². The van der Waals surface area contributed by atoms with Gasteiger partial charge in [-0.3, -0.25) is 0 Å². The molecule has 122 valence electrons. The molecule has 1 aromatic carbocycles. The molecular weight excluding hydrogens is 294 g/mol. The number of para-hydroxylation sites is 1. The number of aromatic nitrogens is 1. The second kappa shape index (κ2) is 7.13. The Morgan fingerprint density at radius 2 is 1.52 bits per heavy atom. The molecule has 0 aliphatic heterocycles. The van der Waals surface area contributed by atoms with Gasteiger partial charge in [0, 0.05) is 11.4 Å². The third-order valence-corrected chi connectivity index (χ3v) is 3.61. The first kappa shape index (κ1) is 16.8. The highest BCUT2D eigenvalue weighted by atomic mass is 16.5. The fourth-order valence-electron chi connectivity index (χ4n) is 2.68.